The zero-order valence-electron chi connectivity index (χ0n) is 8.74. The molecule has 1 unspecified atom stereocenters. The second-order valence-corrected chi connectivity index (χ2v) is 5.88. The van der Waals surface area contributed by atoms with Gasteiger partial charge < -0.3 is 5.32 Å². The summed E-state index contributed by atoms with van der Waals surface area (Å²) < 4.78 is 1.24. The van der Waals surface area contributed by atoms with Crippen LogP contribution in [0.3, 0.4) is 0 Å². The van der Waals surface area contributed by atoms with E-state index in [4.69, 9.17) is 0 Å². The second kappa shape index (κ2) is 4.32. The topological polar surface area (TPSA) is 12.0 Å². The molecule has 16 heavy (non-hydrogen) atoms. The predicted octanol–water partition coefficient (Wildman–Crippen LogP) is 3.90. The zero-order chi connectivity index (χ0) is 11.0. The van der Waals surface area contributed by atoms with Gasteiger partial charge in [-0.15, -0.1) is 11.3 Å². The van der Waals surface area contributed by atoms with Crippen molar-refractivity contribution in [1.29, 1.82) is 0 Å². The molecule has 0 bridgehead atoms. The van der Waals surface area contributed by atoms with Crippen molar-refractivity contribution in [3.8, 4) is 0 Å². The van der Waals surface area contributed by atoms with Crippen LogP contribution >= 0.6 is 27.3 Å². The first-order chi connectivity index (χ1) is 7.84. The Morgan fingerprint density at radius 1 is 1.31 bits per heavy atom. The van der Waals surface area contributed by atoms with Crippen LogP contribution in [-0.2, 0) is 13.0 Å². The van der Waals surface area contributed by atoms with E-state index in [1.165, 1.54) is 20.5 Å². The maximum absolute atomic E-state index is 3.60. The summed E-state index contributed by atoms with van der Waals surface area (Å²) in [5.41, 5.74) is 2.91. The van der Waals surface area contributed by atoms with Crippen molar-refractivity contribution < 1.29 is 0 Å². The van der Waals surface area contributed by atoms with E-state index >= 15 is 0 Å². The number of hydrogen-bond acceptors (Lipinski definition) is 2. The smallest absolute Gasteiger partial charge is 0.0375 e. The SMILES string of the molecule is Brc1ccsc1CC1NCc2ccccc21. The lowest BCUT2D eigenvalue weighted by Gasteiger charge is -2.11. The molecule has 1 aliphatic heterocycles. The van der Waals surface area contributed by atoms with Gasteiger partial charge in [0.15, 0.2) is 0 Å². The quantitative estimate of drug-likeness (QED) is 0.886. The lowest BCUT2D eigenvalue weighted by atomic mass is 10.0. The minimum atomic E-state index is 0.478. The fourth-order valence-corrected chi connectivity index (χ4v) is 3.78. The third kappa shape index (κ3) is 1.83. The zero-order valence-corrected chi connectivity index (χ0v) is 11.1. The van der Waals surface area contributed by atoms with Gasteiger partial charge in [-0.25, -0.2) is 0 Å². The van der Waals surface area contributed by atoms with Gasteiger partial charge >= 0.3 is 0 Å². The van der Waals surface area contributed by atoms with Crippen molar-refractivity contribution in [1.82, 2.24) is 5.32 Å². The van der Waals surface area contributed by atoms with Crippen LogP contribution in [0, 0.1) is 0 Å². The molecule has 3 heteroatoms. The lowest BCUT2D eigenvalue weighted by Crippen LogP contribution is -2.14. The fourth-order valence-electron chi connectivity index (χ4n) is 2.22. The van der Waals surface area contributed by atoms with E-state index in [-0.39, 0.29) is 0 Å². The standard InChI is InChI=1S/C13H12BrNS/c14-11-5-6-16-13(11)7-12-10-4-2-1-3-9(10)8-15-12/h1-6,12,15H,7-8H2. The van der Waals surface area contributed by atoms with Gasteiger partial charge in [-0.2, -0.15) is 0 Å². The average Bonchev–Trinajstić information content (AvgIpc) is 2.88. The van der Waals surface area contributed by atoms with Gasteiger partial charge in [0.25, 0.3) is 0 Å². The highest BCUT2D eigenvalue weighted by Crippen LogP contribution is 2.32. The second-order valence-electron chi connectivity index (χ2n) is 4.03. The van der Waals surface area contributed by atoms with Crippen molar-refractivity contribution in [2.24, 2.45) is 0 Å². The van der Waals surface area contributed by atoms with Gasteiger partial charge in [0.1, 0.15) is 0 Å². The number of rotatable bonds is 2. The molecule has 3 rings (SSSR count). The molecular weight excluding hydrogens is 282 g/mol. The van der Waals surface area contributed by atoms with Crippen LogP contribution < -0.4 is 5.32 Å². The van der Waals surface area contributed by atoms with E-state index in [2.05, 4.69) is 57.0 Å². The lowest BCUT2D eigenvalue weighted by molar-refractivity contribution is 0.584. The van der Waals surface area contributed by atoms with E-state index in [0.29, 0.717) is 6.04 Å². The molecule has 0 radical (unpaired) electrons. The van der Waals surface area contributed by atoms with Crippen LogP contribution in [0.25, 0.3) is 0 Å². The van der Waals surface area contributed by atoms with Crippen LogP contribution in [0.1, 0.15) is 22.0 Å². The van der Waals surface area contributed by atoms with Gasteiger partial charge in [0.2, 0.25) is 0 Å². The number of halogens is 1. The Morgan fingerprint density at radius 3 is 3.00 bits per heavy atom. The molecule has 1 aromatic carbocycles. The van der Waals surface area contributed by atoms with Gasteiger partial charge in [-0.1, -0.05) is 24.3 Å². The summed E-state index contributed by atoms with van der Waals surface area (Å²) in [6, 6.07) is 11.3. The van der Waals surface area contributed by atoms with Gasteiger partial charge in [0.05, 0.1) is 0 Å². The maximum Gasteiger partial charge on any atom is 0.0375 e. The average molecular weight is 294 g/mol. The van der Waals surface area contributed by atoms with Crippen LogP contribution in [0.5, 0.6) is 0 Å². The normalized spacial score (nSPS) is 18.7. The first-order valence-corrected chi connectivity index (χ1v) is 7.05. The van der Waals surface area contributed by atoms with Crippen LogP contribution in [0.2, 0.25) is 0 Å². The summed E-state index contributed by atoms with van der Waals surface area (Å²) in [6.07, 6.45) is 1.08. The molecule has 1 aromatic heterocycles. The summed E-state index contributed by atoms with van der Waals surface area (Å²) in [6.45, 7) is 1.00. The van der Waals surface area contributed by atoms with E-state index < -0.39 is 0 Å². The Balaban J connectivity index is 1.86. The van der Waals surface area contributed by atoms with E-state index in [1.807, 2.05) is 11.3 Å². The Hall–Kier alpha value is -0.640. The number of nitrogens with one attached hydrogen (secondary N) is 1. The monoisotopic (exact) mass is 293 g/mol. The summed E-state index contributed by atoms with van der Waals surface area (Å²) in [4.78, 5) is 1.43. The van der Waals surface area contributed by atoms with Crippen molar-refractivity contribution in [2.75, 3.05) is 0 Å². The third-order valence-corrected chi connectivity index (χ3v) is 5.00. The summed E-state index contributed by atoms with van der Waals surface area (Å²) in [7, 11) is 0. The first-order valence-electron chi connectivity index (χ1n) is 5.37. The summed E-state index contributed by atoms with van der Waals surface area (Å²) in [5.74, 6) is 0. The fraction of sp³-hybridized carbons (Fsp3) is 0.231. The Labute approximate surface area is 108 Å². The molecule has 2 heterocycles. The molecule has 82 valence electrons. The van der Waals surface area contributed by atoms with Crippen molar-refractivity contribution in [3.05, 3.63) is 56.2 Å². The van der Waals surface area contributed by atoms with Crippen LogP contribution in [0.15, 0.2) is 40.2 Å². The Morgan fingerprint density at radius 2 is 2.19 bits per heavy atom. The molecule has 2 aromatic rings. The number of benzene rings is 1. The molecule has 0 fully saturated rings. The first kappa shape index (κ1) is 10.5. The molecule has 1 N–H and O–H groups in total. The molecule has 0 saturated heterocycles. The summed E-state index contributed by atoms with van der Waals surface area (Å²) >= 11 is 5.42. The van der Waals surface area contributed by atoms with Crippen molar-refractivity contribution in [3.63, 3.8) is 0 Å². The minimum absolute atomic E-state index is 0.478. The van der Waals surface area contributed by atoms with Gasteiger partial charge in [-0.05, 0) is 38.5 Å². The number of hydrogen-bond donors (Lipinski definition) is 1. The number of thiophene rings is 1. The number of fused-ring (bicyclic) bond motifs is 1. The largest absolute Gasteiger partial charge is 0.306 e. The highest BCUT2D eigenvalue weighted by atomic mass is 79.9. The minimum Gasteiger partial charge on any atom is -0.306 e. The maximum atomic E-state index is 3.60. The Kier molecular flexibility index (Phi) is 2.84. The highest BCUT2D eigenvalue weighted by molar-refractivity contribution is 9.10. The summed E-state index contributed by atoms with van der Waals surface area (Å²) in [5, 5.41) is 5.71. The molecule has 1 atom stereocenters. The highest BCUT2D eigenvalue weighted by Gasteiger charge is 2.22. The molecule has 1 aliphatic rings. The third-order valence-electron chi connectivity index (χ3n) is 3.05. The van der Waals surface area contributed by atoms with Gasteiger partial charge in [0, 0.05) is 28.4 Å². The molecule has 1 nitrogen and oxygen atoms in total. The van der Waals surface area contributed by atoms with Crippen LogP contribution in [0.4, 0.5) is 0 Å². The van der Waals surface area contributed by atoms with E-state index in [1.54, 1.807) is 0 Å². The molecular formula is C13H12BrNS. The molecule has 0 amide bonds. The van der Waals surface area contributed by atoms with E-state index in [0.717, 1.165) is 13.0 Å². The van der Waals surface area contributed by atoms with Crippen molar-refractivity contribution >= 4 is 27.3 Å². The molecule has 0 aliphatic carbocycles. The molecule has 0 saturated carbocycles. The van der Waals surface area contributed by atoms with Crippen LogP contribution in [-0.4, -0.2) is 0 Å². The van der Waals surface area contributed by atoms with E-state index in [9.17, 15) is 0 Å². The van der Waals surface area contributed by atoms with Gasteiger partial charge in [-0.3, -0.25) is 0 Å². The molecule has 0 spiro atoms. The predicted molar refractivity (Wildman–Crippen MR) is 71.7 cm³/mol. The van der Waals surface area contributed by atoms with Crippen molar-refractivity contribution in [2.45, 2.75) is 19.0 Å². The Bertz CT molecular complexity index is 506.